The zero-order valence-corrected chi connectivity index (χ0v) is 47.7. The molecule has 0 atom stereocenters. The maximum absolute atomic E-state index is 5.30. The largest absolute Gasteiger partial charge is 0.311 e. The van der Waals surface area contributed by atoms with E-state index in [1.165, 1.54) is 82.7 Å². The molecule has 0 saturated carbocycles. The molecule has 6 nitrogen and oxygen atoms in total. The third kappa shape index (κ3) is 8.65. The number of hydrogen-bond acceptors (Lipinski definition) is 6. The second-order valence-corrected chi connectivity index (χ2v) is 22.5. The van der Waals surface area contributed by atoms with E-state index in [4.69, 9.17) is 9.97 Å². The zero-order valence-electron chi connectivity index (χ0n) is 47.7. The molecule has 11 aromatic carbocycles. The number of nitrogens with zero attached hydrogens (tertiary/aromatic N) is 6. The Labute approximate surface area is 510 Å². The third-order valence-corrected chi connectivity index (χ3v) is 17.6. The predicted molar refractivity (Wildman–Crippen MR) is 363 cm³/mol. The highest BCUT2D eigenvalue weighted by molar-refractivity contribution is 6.20. The van der Waals surface area contributed by atoms with E-state index in [9.17, 15) is 0 Å². The van der Waals surface area contributed by atoms with Gasteiger partial charge in [-0.15, -0.1) is 0 Å². The van der Waals surface area contributed by atoms with E-state index in [2.05, 4.69) is 275 Å². The fourth-order valence-corrected chi connectivity index (χ4v) is 13.4. The molecular formula is C82H52N6. The number of benzene rings is 11. The number of anilines is 6. The molecule has 2 aliphatic carbocycles. The first-order valence-corrected chi connectivity index (χ1v) is 29.8. The van der Waals surface area contributed by atoms with Crippen LogP contribution in [-0.2, 0) is 0 Å². The molecule has 0 amide bonds. The summed E-state index contributed by atoms with van der Waals surface area (Å²) in [6.07, 6.45) is 5.66. The minimum atomic E-state index is 0.799. The summed E-state index contributed by atoms with van der Waals surface area (Å²) in [4.78, 5) is 24.1. The fourth-order valence-electron chi connectivity index (χ4n) is 13.4. The Hall–Kier alpha value is -11.9. The van der Waals surface area contributed by atoms with Crippen LogP contribution in [0.25, 0.3) is 133 Å². The monoisotopic (exact) mass is 1120 g/mol. The Morgan fingerprint density at radius 3 is 1.16 bits per heavy atom. The lowest BCUT2D eigenvalue weighted by Crippen LogP contribution is -2.11. The van der Waals surface area contributed by atoms with Crippen LogP contribution in [0, 0.1) is 0 Å². The van der Waals surface area contributed by atoms with E-state index in [0.717, 1.165) is 84.8 Å². The molecule has 410 valence electrons. The van der Waals surface area contributed by atoms with Gasteiger partial charge in [-0.05, 0) is 203 Å². The van der Waals surface area contributed by atoms with Crippen molar-refractivity contribution in [3.8, 4) is 112 Å². The van der Waals surface area contributed by atoms with Gasteiger partial charge in [-0.2, -0.15) is 0 Å². The van der Waals surface area contributed by atoms with Gasteiger partial charge in [0.25, 0.3) is 0 Å². The van der Waals surface area contributed by atoms with Gasteiger partial charge >= 0.3 is 0 Å². The molecule has 0 N–H and O–H groups in total. The summed E-state index contributed by atoms with van der Waals surface area (Å²) in [5.74, 6) is 0.809. The molecule has 17 rings (SSSR count). The van der Waals surface area contributed by atoms with Crippen molar-refractivity contribution < 1.29 is 0 Å². The summed E-state index contributed by atoms with van der Waals surface area (Å²) in [5.41, 5.74) is 27.9. The second-order valence-electron chi connectivity index (χ2n) is 22.5. The maximum atomic E-state index is 5.30. The van der Waals surface area contributed by atoms with Crippen LogP contribution < -0.4 is 9.80 Å². The lowest BCUT2D eigenvalue weighted by molar-refractivity contribution is 1.17. The first-order valence-electron chi connectivity index (χ1n) is 29.8. The summed E-state index contributed by atoms with van der Waals surface area (Å²) in [6.45, 7) is 0. The highest BCUT2D eigenvalue weighted by Gasteiger charge is 2.26. The van der Waals surface area contributed by atoms with Gasteiger partial charge in [-0.1, -0.05) is 188 Å². The quantitative estimate of drug-likeness (QED) is 0.121. The van der Waals surface area contributed by atoms with E-state index >= 15 is 0 Å². The standard InChI is InChI=1S/C82H52N6/c1-2-13-59(14-3-1)88(63-37-27-54(28-38-63)64-44-46-73-67-16-5-4-15-66(67)71-19-10-17-69(64)81(71)73)80-24-12-23-79(86-80)78-48-34-58(52-85-78)57-33-43-68-74-47-45-65(70-18-11-20-72(82(70)74)75(68)51-57)53-25-35-60(36-26-53)87(61-39-29-55(30-40-61)76-21-6-8-49-83-76)62-41-31-56(32-42-62)77-22-7-9-50-84-77/h1-52H. The number of rotatable bonds is 12. The fraction of sp³-hybridized carbons (Fsp3) is 0. The number of para-hydroxylation sites is 1. The van der Waals surface area contributed by atoms with Gasteiger partial charge in [0.1, 0.15) is 5.82 Å². The molecule has 2 aliphatic rings. The molecular weight excluding hydrogens is 1070 g/mol. The van der Waals surface area contributed by atoms with Crippen LogP contribution >= 0.6 is 0 Å². The molecule has 0 unspecified atom stereocenters. The number of aromatic nitrogens is 4. The van der Waals surface area contributed by atoms with Crippen LogP contribution in [0.3, 0.4) is 0 Å². The van der Waals surface area contributed by atoms with E-state index in [-0.39, 0.29) is 0 Å². The molecule has 0 saturated heterocycles. The van der Waals surface area contributed by atoms with E-state index in [1.54, 1.807) is 0 Å². The normalized spacial score (nSPS) is 11.6. The maximum Gasteiger partial charge on any atom is 0.138 e. The minimum absolute atomic E-state index is 0.799. The number of fused-ring (bicyclic) bond motifs is 6. The van der Waals surface area contributed by atoms with Crippen LogP contribution in [0.5, 0.6) is 0 Å². The molecule has 4 heterocycles. The topological polar surface area (TPSA) is 58.0 Å². The van der Waals surface area contributed by atoms with Gasteiger partial charge < -0.3 is 4.90 Å². The van der Waals surface area contributed by atoms with Crippen molar-refractivity contribution in [3.05, 3.63) is 316 Å². The molecule has 6 heteroatoms. The van der Waals surface area contributed by atoms with Gasteiger partial charge in [0.15, 0.2) is 0 Å². The van der Waals surface area contributed by atoms with Crippen molar-refractivity contribution in [2.45, 2.75) is 0 Å². The molecule has 4 aromatic heterocycles. The van der Waals surface area contributed by atoms with Gasteiger partial charge in [-0.25, -0.2) is 4.98 Å². The molecule has 15 aromatic rings. The Morgan fingerprint density at radius 1 is 0.216 bits per heavy atom. The summed E-state index contributed by atoms with van der Waals surface area (Å²) < 4.78 is 0. The van der Waals surface area contributed by atoms with Gasteiger partial charge in [-0.3, -0.25) is 19.9 Å². The molecule has 0 spiro atoms. The van der Waals surface area contributed by atoms with Gasteiger partial charge in [0.2, 0.25) is 0 Å². The first-order chi connectivity index (χ1) is 43.6. The Balaban J connectivity index is 0.646. The number of pyridine rings is 4. The Kier molecular flexibility index (Phi) is 12.1. The summed E-state index contributed by atoms with van der Waals surface area (Å²) in [7, 11) is 0. The van der Waals surface area contributed by atoms with Crippen molar-refractivity contribution in [1.29, 1.82) is 0 Å². The van der Waals surface area contributed by atoms with Crippen molar-refractivity contribution in [1.82, 2.24) is 19.9 Å². The van der Waals surface area contributed by atoms with Crippen LogP contribution in [-0.4, -0.2) is 19.9 Å². The summed E-state index contributed by atoms with van der Waals surface area (Å²) >= 11 is 0. The van der Waals surface area contributed by atoms with Gasteiger partial charge in [0, 0.05) is 63.7 Å². The molecule has 0 bridgehead atoms. The zero-order chi connectivity index (χ0) is 58.1. The SMILES string of the molecule is c1ccc(N(c2ccc(-c3ccc4c5c(cccc35)-c3ccccc3-4)cc2)c2cccc(-c3ccc(-c4ccc5c(c4)-c4cccc6c(-c7ccc(N(c8ccc(-c9ccccn9)cc8)c8ccc(-c9ccccn9)cc8)cc7)ccc-5c46)cn3)n2)cc1. The molecule has 0 fully saturated rings. The molecule has 0 radical (unpaired) electrons. The van der Waals surface area contributed by atoms with Crippen molar-refractivity contribution >= 4 is 55.8 Å². The third-order valence-electron chi connectivity index (χ3n) is 17.6. The second kappa shape index (κ2) is 21.0. The highest BCUT2D eigenvalue weighted by Crippen LogP contribution is 2.52. The highest BCUT2D eigenvalue weighted by atomic mass is 15.2. The Bertz CT molecular complexity index is 5040. The molecule has 88 heavy (non-hydrogen) atoms. The van der Waals surface area contributed by atoms with Crippen LogP contribution in [0.2, 0.25) is 0 Å². The van der Waals surface area contributed by atoms with Crippen LogP contribution in [0.1, 0.15) is 0 Å². The van der Waals surface area contributed by atoms with Gasteiger partial charge in [0.05, 0.1) is 22.8 Å². The average molecular weight is 1120 g/mol. The van der Waals surface area contributed by atoms with Crippen LogP contribution in [0.4, 0.5) is 34.3 Å². The van der Waals surface area contributed by atoms with E-state index in [1.807, 2.05) is 61.1 Å². The van der Waals surface area contributed by atoms with E-state index in [0.29, 0.717) is 0 Å². The van der Waals surface area contributed by atoms with Crippen molar-refractivity contribution in [2.75, 3.05) is 9.80 Å². The lowest BCUT2D eigenvalue weighted by Gasteiger charge is -2.26. The summed E-state index contributed by atoms with van der Waals surface area (Å²) in [6, 6.07) is 106. The first kappa shape index (κ1) is 50.6. The number of hydrogen-bond donors (Lipinski definition) is 0. The van der Waals surface area contributed by atoms with Crippen LogP contribution in [0.15, 0.2) is 316 Å². The predicted octanol–water partition coefficient (Wildman–Crippen LogP) is 21.8. The van der Waals surface area contributed by atoms with Crippen molar-refractivity contribution in [3.63, 3.8) is 0 Å². The van der Waals surface area contributed by atoms with E-state index < -0.39 is 0 Å². The molecule has 0 aliphatic heterocycles. The summed E-state index contributed by atoms with van der Waals surface area (Å²) in [5, 5.41) is 5.11. The minimum Gasteiger partial charge on any atom is -0.311 e. The average Bonchev–Trinajstić information content (AvgIpc) is 1.84. The lowest BCUT2D eigenvalue weighted by atomic mass is 9.94. The smallest absolute Gasteiger partial charge is 0.138 e. The van der Waals surface area contributed by atoms with Crippen molar-refractivity contribution in [2.24, 2.45) is 0 Å². The Morgan fingerprint density at radius 2 is 0.625 bits per heavy atom.